The van der Waals surface area contributed by atoms with Gasteiger partial charge in [0.25, 0.3) is 0 Å². The molecule has 2 fully saturated rings. The Morgan fingerprint density at radius 2 is 2.28 bits per heavy atom. The molecule has 2 bridgehead atoms. The quantitative estimate of drug-likeness (QED) is 0.858. The summed E-state index contributed by atoms with van der Waals surface area (Å²) >= 11 is 6.25. The van der Waals surface area contributed by atoms with Crippen LogP contribution < -0.4 is 4.90 Å². The molecule has 3 unspecified atom stereocenters. The van der Waals surface area contributed by atoms with E-state index in [1.54, 1.807) is 0 Å². The van der Waals surface area contributed by atoms with E-state index >= 15 is 0 Å². The minimum absolute atomic E-state index is 0.0160. The van der Waals surface area contributed by atoms with Crippen molar-refractivity contribution in [2.45, 2.75) is 37.5 Å². The number of fused-ring (bicyclic) bond motifs is 3. The standard InChI is InChI=1S/C13H13ClFN3/c14-8-2-1-3-10-12(8)13(17-16-10)18-7-4-5-11(18)9(15)6-7/h1-3,7,9,11H,4-6H2,(H,16,17). The van der Waals surface area contributed by atoms with Gasteiger partial charge in [0.05, 0.1) is 22.0 Å². The predicted molar refractivity (Wildman–Crippen MR) is 69.9 cm³/mol. The van der Waals surface area contributed by atoms with Crippen LogP contribution in [-0.4, -0.2) is 28.5 Å². The van der Waals surface area contributed by atoms with Crippen LogP contribution in [0.25, 0.3) is 10.9 Å². The molecule has 1 aromatic carbocycles. The van der Waals surface area contributed by atoms with Crippen LogP contribution in [0.2, 0.25) is 5.02 Å². The average molecular weight is 266 g/mol. The van der Waals surface area contributed by atoms with Crippen molar-refractivity contribution >= 4 is 28.3 Å². The summed E-state index contributed by atoms with van der Waals surface area (Å²) in [7, 11) is 0. The molecule has 0 spiro atoms. The van der Waals surface area contributed by atoms with Crippen LogP contribution in [0.15, 0.2) is 18.2 Å². The van der Waals surface area contributed by atoms with Gasteiger partial charge >= 0.3 is 0 Å². The lowest BCUT2D eigenvalue weighted by atomic mass is 9.99. The molecule has 2 aromatic rings. The molecule has 3 nitrogen and oxygen atoms in total. The Bertz CT molecular complexity index is 611. The summed E-state index contributed by atoms with van der Waals surface area (Å²) in [5.41, 5.74) is 0.916. The van der Waals surface area contributed by atoms with E-state index in [1.165, 1.54) is 0 Å². The molecule has 2 saturated heterocycles. The SMILES string of the molecule is FC1CC2CCC1N2c1n[nH]c2cccc(Cl)c12. The van der Waals surface area contributed by atoms with Gasteiger partial charge in [-0.1, -0.05) is 17.7 Å². The van der Waals surface area contributed by atoms with Crippen molar-refractivity contribution in [2.24, 2.45) is 0 Å². The molecule has 3 heterocycles. The lowest BCUT2D eigenvalue weighted by Gasteiger charge is -2.22. The maximum absolute atomic E-state index is 13.8. The van der Waals surface area contributed by atoms with Crippen molar-refractivity contribution in [3.05, 3.63) is 23.2 Å². The first-order chi connectivity index (χ1) is 8.75. The van der Waals surface area contributed by atoms with E-state index in [4.69, 9.17) is 11.6 Å². The van der Waals surface area contributed by atoms with Gasteiger partial charge in [0.1, 0.15) is 6.17 Å². The van der Waals surface area contributed by atoms with Gasteiger partial charge < -0.3 is 4.90 Å². The Balaban J connectivity index is 1.89. The Kier molecular flexibility index (Phi) is 2.13. The number of anilines is 1. The fourth-order valence-electron chi connectivity index (χ4n) is 3.45. The van der Waals surface area contributed by atoms with Crippen molar-refractivity contribution in [1.29, 1.82) is 0 Å². The monoisotopic (exact) mass is 265 g/mol. The number of nitrogens with one attached hydrogen (secondary N) is 1. The molecule has 3 atom stereocenters. The molecular formula is C13H13ClFN3. The second kappa shape index (κ2) is 3.60. The number of aromatic nitrogens is 2. The van der Waals surface area contributed by atoms with Crippen molar-refractivity contribution in [2.75, 3.05) is 4.90 Å². The van der Waals surface area contributed by atoms with Crippen molar-refractivity contribution in [3.8, 4) is 0 Å². The molecule has 0 amide bonds. The number of rotatable bonds is 1. The highest BCUT2D eigenvalue weighted by molar-refractivity contribution is 6.36. The predicted octanol–water partition coefficient (Wildman–Crippen LogP) is 3.30. The van der Waals surface area contributed by atoms with Crippen LogP contribution in [0.5, 0.6) is 0 Å². The first-order valence-electron chi connectivity index (χ1n) is 6.30. The van der Waals surface area contributed by atoms with Crippen LogP contribution in [0.1, 0.15) is 19.3 Å². The maximum atomic E-state index is 13.8. The van der Waals surface area contributed by atoms with Crippen LogP contribution in [0, 0.1) is 0 Å². The van der Waals surface area contributed by atoms with E-state index in [1.807, 2.05) is 18.2 Å². The first kappa shape index (κ1) is 10.6. The minimum atomic E-state index is -0.724. The fraction of sp³-hybridized carbons (Fsp3) is 0.462. The molecule has 0 saturated carbocycles. The van der Waals surface area contributed by atoms with E-state index in [0.29, 0.717) is 11.4 Å². The highest BCUT2D eigenvalue weighted by atomic mass is 35.5. The molecular weight excluding hydrogens is 253 g/mol. The minimum Gasteiger partial charge on any atom is -0.346 e. The van der Waals surface area contributed by atoms with E-state index in [-0.39, 0.29) is 12.1 Å². The molecule has 0 aliphatic carbocycles. The number of hydrogen-bond acceptors (Lipinski definition) is 2. The van der Waals surface area contributed by atoms with Crippen LogP contribution in [0.3, 0.4) is 0 Å². The maximum Gasteiger partial charge on any atom is 0.160 e. The molecule has 2 aliphatic rings. The summed E-state index contributed by atoms with van der Waals surface area (Å²) in [6.07, 6.45) is 1.89. The summed E-state index contributed by atoms with van der Waals surface area (Å²) in [5, 5.41) is 8.95. The number of nitrogens with zero attached hydrogens (tertiary/aromatic N) is 2. The van der Waals surface area contributed by atoms with E-state index in [2.05, 4.69) is 15.1 Å². The number of H-pyrrole nitrogens is 1. The van der Waals surface area contributed by atoms with Gasteiger partial charge in [0, 0.05) is 12.5 Å². The van der Waals surface area contributed by atoms with Crippen molar-refractivity contribution < 1.29 is 4.39 Å². The smallest absolute Gasteiger partial charge is 0.160 e. The Hall–Kier alpha value is -1.29. The van der Waals surface area contributed by atoms with E-state index in [0.717, 1.165) is 29.6 Å². The molecule has 94 valence electrons. The third kappa shape index (κ3) is 1.27. The largest absolute Gasteiger partial charge is 0.346 e. The van der Waals surface area contributed by atoms with Gasteiger partial charge in [-0.2, -0.15) is 5.10 Å². The summed E-state index contributed by atoms with van der Waals surface area (Å²) in [5.74, 6) is 0.822. The number of alkyl halides is 1. The summed E-state index contributed by atoms with van der Waals surface area (Å²) in [6, 6.07) is 5.96. The van der Waals surface area contributed by atoms with Gasteiger partial charge in [0.15, 0.2) is 5.82 Å². The average Bonchev–Trinajstić information content (AvgIpc) is 2.99. The Morgan fingerprint density at radius 1 is 1.39 bits per heavy atom. The third-order valence-electron chi connectivity index (χ3n) is 4.23. The van der Waals surface area contributed by atoms with Gasteiger partial charge in [-0.3, -0.25) is 5.10 Å². The molecule has 0 radical (unpaired) electrons. The van der Waals surface area contributed by atoms with Gasteiger partial charge in [-0.05, 0) is 25.0 Å². The molecule has 1 aromatic heterocycles. The Morgan fingerprint density at radius 3 is 3.00 bits per heavy atom. The van der Waals surface area contributed by atoms with Gasteiger partial charge in [0.2, 0.25) is 0 Å². The van der Waals surface area contributed by atoms with Crippen LogP contribution in [0.4, 0.5) is 10.2 Å². The van der Waals surface area contributed by atoms with Gasteiger partial charge in [-0.25, -0.2) is 4.39 Å². The molecule has 18 heavy (non-hydrogen) atoms. The number of aromatic amines is 1. The normalized spacial score (nSPS) is 30.6. The van der Waals surface area contributed by atoms with Crippen LogP contribution in [-0.2, 0) is 0 Å². The number of benzene rings is 1. The summed E-state index contributed by atoms with van der Waals surface area (Å²) in [4.78, 5) is 2.13. The second-order valence-corrected chi connectivity index (χ2v) is 5.57. The third-order valence-corrected chi connectivity index (χ3v) is 4.54. The zero-order chi connectivity index (χ0) is 12.3. The van der Waals surface area contributed by atoms with Crippen molar-refractivity contribution in [1.82, 2.24) is 10.2 Å². The fourth-order valence-corrected chi connectivity index (χ4v) is 3.71. The molecule has 5 heteroatoms. The van der Waals surface area contributed by atoms with Gasteiger partial charge in [-0.15, -0.1) is 0 Å². The summed E-state index contributed by atoms with van der Waals surface area (Å²) < 4.78 is 13.8. The molecule has 4 rings (SSSR count). The number of hydrogen-bond donors (Lipinski definition) is 1. The highest BCUT2D eigenvalue weighted by Gasteiger charge is 2.48. The van der Waals surface area contributed by atoms with Crippen molar-refractivity contribution in [3.63, 3.8) is 0 Å². The van der Waals surface area contributed by atoms with E-state index in [9.17, 15) is 4.39 Å². The summed E-state index contributed by atoms with van der Waals surface area (Å²) in [6.45, 7) is 0. The zero-order valence-electron chi connectivity index (χ0n) is 9.74. The highest BCUT2D eigenvalue weighted by Crippen LogP contribution is 2.44. The first-order valence-corrected chi connectivity index (χ1v) is 6.68. The number of halogens is 2. The van der Waals surface area contributed by atoms with Crippen LogP contribution >= 0.6 is 11.6 Å². The lowest BCUT2D eigenvalue weighted by Crippen LogP contribution is -2.31. The second-order valence-electron chi connectivity index (χ2n) is 5.17. The molecule has 2 aliphatic heterocycles. The van der Waals surface area contributed by atoms with E-state index < -0.39 is 6.17 Å². The Labute approximate surface area is 109 Å². The molecule has 1 N–H and O–H groups in total. The lowest BCUT2D eigenvalue weighted by molar-refractivity contribution is 0.280. The topological polar surface area (TPSA) is 31.9 Å². The zero-order valence-corrected chi connectivity index (χ0v) is 10.5.